The third kappa shape index (κ3) is 2.78. The second-order valence-corrected chi connectivity index (χ2v) is 6.37. The van der Waals surface area contributed by atoms with Crippen LogP contribution in [-0.2, 0) is 16.6 Å². The quantitative estimate of drug-likeness (QED) is 0.764. The first-order chi connectivity index (χ1) is 8.53. The lowest BCUT2D eigenvalue weighted by Gasteiger charge is -2.10. The predicted octanol–water partition coefficient (Wildman–Crippen LogP) is 1.00. The second kappa shape index (κ2) is 5.19. The van der Waals surface area contributed by atoms with Crippen LogP contribution in [0.2, 0.25) is 0 Å². The van der Waals surface area contributed by atoms with Gasteiger partial charge >= 0.3 is 0 Å². The van der Waals surface area contributed by atoms with Gasteiger partial charge in [0.25, 0.3) is 0 Å². The molecule has 1 atom stereocenters. The molecule has 0 saturated heterocycles. The van der Waals surface area contributed by atoms with E-state index in [-0.39, 0.29) is 17.5 Å². The van der Waals surface area contributed by atoms with E-state index in [0.717, 1.165) is 0 Å². The van der Waals surface area contributed by atoms with Gasteiger partial charge in [0.1, 0.15) is 5.01 Å². The van der Waals surface area contributed by atoms with Crippen LogP contribution in [0.4, 0.5) is 0 Å². The van der Waals surface area contributed by atoms with Gasteiger partial charge in [0, 0.05) is 23.5 Å². The number of nitrogens with one attached hydrogen (secondary N) is 2. The maximum absolute atomic E-state index is 12.0. The highest BCUT2D eigenvalue weighted by Gasteiger charge is 2.20. The van der Waals surface area contributed by atoms with Gasteiger partial charge in [0.05, 0.1) is 17.5 Å². The zero-order chi connectivity index (χ0) is 13.2. The summed E-state index contributed by atoms with van der Waals surface area (Å²) in [6.45, 7) is 1.51. The van der Waals surface area contributed by atoms with Gasteiger partial charge in [-0.2, -0.15) is 0 Å². The summed E-state index contributed by atoms with van der Waals surface area (Å²) >= 11 is 1.39. The largest absolute Gasteiger partial charge is 0.390 e. The highest BCUT2D eigenvalue weighted by Crippen LogP contribution is 2.19. The number of aromatic nitrogens is 2. The van der Waals surface area contributed by atoms with E-state index in [9.17, 15) is 8.42 Å². The Bertz CT molecular complexity index is 604. The Labute approximate surface area is 109 Å². The molecule has 0 bridgehead atoms. The molecule has 2 aromatic heterocycles. The first-order valence-corrected chi connectivity index (χ1v) is 7.59. The van der Waals surface area contributed by atoms with Crippen molar-refractivity contribution in [3.05, 3.63) is 34.5 Å². The van der Waals surface area contributed by atoms with Crippen molar-refractivity contribution in [2.75, 3.05) is 0 Å². The van der Waals surface area contributed by atoms with Crippen LogP contribution < -0.4 is 4.72 Å². The van der Waals surface area contributed by atoms with Crippen LogP contribution in [0.3, 0.4) is 0 Å². The minimum Gasteiger partial charge on any atom is -0.390 e. The van der Waals surface area contributed by atoms with Gasteiger partial charge < -0.3 is 10.1 Å². The number of thiazole rings is 1. The molecule has 1 unspecified atom stereocenters. The van der Waals surface area contributed by atoms with E-state index >= 15 is 0 Å². The third-order valence-corrected chi connectivity index (χ3v) is 4.83. The number of hydrogen-bond acceptors (Lipinski definition) is 5. The summed E-state index contributed by atoms with van der Waals surface area (Å²) < 4.78 is 26.6. The summed E-state index contributed by atoms with van der Waals surface area (Å²) in [6.07, 6.45) is 2.98. The molecule has 18 heavy (non-hydrogen) atoms. The first-order valence-electron chi connectivity index (χ1n) is 5.23. The van der Waals surface area contributed by atoms with Crippen molar-refractivity contribution in [2.45, 2.75) is 24.5 Å². The maximum atomic E-state index is 12.0. The Morgan fingerprint density at radius 2 is 2.39 bits per heavy atom. The molecule has 2 rings (SSSR count). The highest BCUT2D eigenvalue weighted by molar-refractivity contribution is 7.89. The van der Waals surface area contributed by atoms with Crippen LogP contribution in [0.25, 0.3) is 0 Å². The summed E-state index contributed by atoms with van der Waals surface area (Å²) in [5.41, 5.74) is 0.456. The van der Waals surface area contributed by atoms with Crippen LogP contribution in [0, 0.1) is 0 Å². The van der Waals surface area contributed by atoms with E-state index in [1.165, 1.54) is 23.6 Å². The van der Waals surface area contributed by atoms with Crippen molar-refractivity contribution in [1.29, 1.82) is 0 Å². The number of nitrogens with zero attached hydrogens (tertiary/aromatic N) is 1. The number of aromatic amines is 1. The van der Waals surface area contributed by atoms with E-state index in [4.69, 9.17) is 5.11 Å². The van der Waals surface area contributed by atoms with Gasteiger partial charge in [-0.15, -0.1) is 11.3 Å². The number of sulfonamides is 1. The molecule has 0 amide bonds. The minimum absolute atomic E-state index is 0.106. The molecule has 0 spiro atoms. The molecule has 0 saturated carbocycles. The molecule has 6 nitrogen and oxygen atoms in total. The molecule has 3 N–H and O–H groups in total. The normalized spacial score (nSPS) is 13.7. The monoisotopic (exact) mass is 287 g/mol. The number of rotatable bonds is 5. The molecule has 0 aliphatic carbocycles. The van der Waals surface area contributed by atoms with Crippen LogP contribution in [0.1, 0.15) is 23.7 Å². The average Bonchev–Trinajstić information content (AvgIpc) is 3.00. The predicted molar refractivity (Wildman–Crippen MR) is 67.6 cm³/mol. The van der Waals surface area contributed by atoms with Gasteiger partial charge in [-0.05, 0) is 13.0 Å². The standard InChI is InChI=1S/C10H13N3O3S2/c1-7(10-11-2-3-17-10)13-18(15,16)9-4-8(6-14)12-5-9/h2-5,7,12-14H,6H2,1H3. The molecular weight excluding hydrogens is 274 g/mol. The summed E-state index contributed by atoms with van der Waals surface area (Å²) in [4.78, 5) is 6.85. The number of H-pyrrole nitrogens is 1. The van der Waals surface area contributed by atoms with E-state index in [2.05, 4.69) is 14.7 Å². The Kier molecular flexibility index (Phi) is 3.81. The molecule has 0 aliphatic heterocycles. The van der Waals surface area contributed by atoms with Crippen LogP contribution in [-0.4, -0.2) is 23.5 Å². The Morgan fingerprint density at radius 3 is 2.94 bits per heavy atom. The lowest BCUT2D eigenvalue weighted by atomic mass is 10.4. The summed E-state index contributed by atoms with van der Waals surface area (Å²) in [6, 6.07) is 1.01. The highest BCUT2D eigenvalue weighted by atomic mass is 32.2. The molecule has 8 heteroatoms. The number of aliphatic hydroxyl groups is 1. The van der Waals surface area contributed by atoms with E-state index < -0.39 is 10.0 Å². The lowest BCUT2D eigenvalue weighted by molar-refractivity contribution is 0.277. The number of aliphatic hydroxyl groups excluding tert-OH is 1. The Morgan fingerprint density at radius 1 is 1.61 bits per heavy atom. The molecular formula is C10H13N3O3S2. The minimum atomic E-state index is -3.60. The van der Waals surface area contributed by atoms with Gasteiger partial charge in [-0.1, -0.05) is 0 Å². The molecule has 0 aromatic carbocycles. The smallest absolute Gasteiger partial charge is 0.242 e. The molecule has 2 heterocycles. The zero-order valence-corrected chi connectivity index (χ0v) is 11.3. The van der Waals surface area contributed by atoms with Gasteiger partial charge in [0.2, 0.25) is 10.0 Å². The summed E-state index contributed by atoms with van der Waals surface area (Å²) in [5.74, 6) is 0. The Hall–Kier alpha value is -1.22. The fourth-order valence-corrected chi connectivity index (χ4v) is 3.41. The topological polar surface area (TPSA) is 95.1 Å². The summed E-state index contributed by atoms with van der Waals surface area (Å²) in [7, 11) is -3.60. The fraction of sp³-hybridized carbons (Fsp3) is 0.300. The second-order valence-electron chi connectivity index (χ2n) is 3.73. The number of hydrogen-bond donors (Lipinski definition) is 3. The van der Waals surface area contributed by atoms with Crippen LogP contribution in [0.5, 0.6) is 0 Å². The Balaban J connectivity index is 2.17. The van der Waals surface area contributed by atoms with E-state index in [1.807, 2.05) is 0 Å². The van der Waals surface area contributed by atoms with Crippen molar-refractivity contribution < 1.29 is 13.5 Å². The maximum Gasteiger partial charge on any atom is 0.242 e. The molecule has 0 aliphatic rings. The zero-order valence-electron chi connectivity index (χ0n) is 9.62. The van der Waals surface area contributed by atoms with Crippen molar-refractivity contribution in [1.82, 2.24) is 14.7 Å². The SMILES string of the molecule is CC(NS(=O)(=O)c1c[nH]c(CO)c1)c1nccs1. The molecule has 2 aromatic rings. The van der Waals surface area contributed by atoms with Crippen molar-refractivity contribution >= 4 is 21.4 Å². The van der Waals surface area contributed by atoms with Gasteiger partial charge in [0.15, 0.2) is 0 Å². The third-order valence-electron chi connectivity index (χ3n) is 2.35. The van der Waals surface area contributed by atoms with Crippen LogP contribution >= 0.6 is 11.3 Å². The lowest BCUT2D eigenvalue weighted by Crippen LogP contribution is -2.26. The molecule has 98 valence electrons. The van der Waals surface area contributed by atoms with Crippen molar-refractivity contribution in [3.63, 3.8) is 0 Å². The fourth-order valence-electron chi connectivity index (χ4n) is 1.46. The first kappa shape index (κ1) is 13.2. The van der Waals surface area contributed by atoms with E-state index in [1.54, 1.807) is 18.5 Å². The summed E-state index contributed by atoms with van der Waals surface area (Å²) in [5, 5.41) is 11.4. The molecule has 0 fully saturated rings. The van der Waals surface area contributed by atoms with Crippen molar-refractivity contribution in [2.24, 2.45) is 0 Å². The average molecular weight is 287 g/mol. The van der Waals surface area contributed by atoms with Gasteiger partial charge in [-0.3, -0.25) is 0 Å². The van der Waals surface area contributed by atoms with E-state index in [0.29, 0.717) is 10.7 Å². The molecule has 0 radical (unpaired) electrons. The van der Waals surface area contributed by atoms with Crippen LogP contribution in [0.15, 0.2) is 28.7 Å². The van der Waals surface area contributed by atoms with Crippen molar-refractivity contribution in [3.8, 4) is 0 Å². The van der Waals surface area contributed by atoms with Gasteiger partial charge in [-0.25, -0.2) is 18.1 Å².